The van der Waals surface area contributed by atoms with Crippen LogP contribution in [0.5, 0.6) is 5.75 Å². The standard InChI is InChI=1S/C21H21ClN2O4S2/c1-24(11-12-28-18-5-2-4-17(22)14-18)21(25)16-7-9-20(10-8-16)30(26,27)23-15-19-6-3-13-29-19/h2-10,13-14,23H,11-12,15H2,1H3. The Kier molecular flexibility index (Phi) is 7.49. The van der Waals surface area contributed by atoms with Crippen LogP contribution in [-0.4, -0.2) is 39.4 Å². The highest BCUT2D eigenvalue weighted by Crippen LogP contribution is 2.17. The number of sulfonamides is 1. The molecule has 1 amide bonds. The monoisotopic (exact) mass is 464 g/mol. The van der Waals surface area contributed by atoms with Crippen LogP contribution in [0.25, 0.3) is 0 Å². The Balaban J connectivity index is 1.54. The Bertz CT molecular complexity index is 1080. The molecular weight excluding hydrogens is 444 g/mol. The molecule has 1 heterocycles. The number of carbonyl (C=O) groups is 1. The normalized spacial score (nSPS) is 11.3. The maximum absolute atomic E-state index is 12.6. The number of thiophene rings is 1. The molecule has 0 fully saturated rings. The minimum atomic E-state index is -3.65. The molecule has 30 heavy (non-hydrogen) atoms. The number of halogens is 1. The summed E-state index contributed by atoms with van der Waals surface area (Å²) in [5.41, 5.74) is 0.400. The van der Waals surface area contributed by atoms with Crippen molar-refractivity contribution < 1.29 is 17.9 Å². The van der Waals surface area contributed by atoms with Crippen LogP contribution >= 0.6 is 22.9 Å². The molecule has 0 aliphatic heterocycles. The summed E-state index contributed by atoms with van der Waals surface area (Å²) < 4.78 is 33.0. The number of amides is 1. The van der Waals surface area contributed by atoms with Gasteiger partial charge in [-0.15, -0.1) is 11.3 Å². The summed E-state index contributed by atoms with van der Waals surface area (Å²) in [6, 6.07) is 16.6. The highest BCUT2D eigenvalue weighted by molar-refractivity contribution is 7.89. The second-order valence-corrected chi connectivity index (χ2v) is 9.70. The van der Waals surface area contributed by atoms with E-state index in [9.17, 15) is 13.2 Å². The van der Waals surface area contributed by atoms with Gasteiger partial charge >= 0.3 is 0 Å². The van der Waals surface area contributed by atoms with E-state index in [1.54, 1.807) is 31.3 Å². The van der Waals surface area contributed by atoms with Crippen LogP contribution in [0, 0.1) is 0 Å². The molecule has 1 aromatic heterocycles. The van der Waals surface area contributed by atoms with Crippen molar-refractivity contribution in [1.29, 1.82) is 0 Å². The maximum atomic E-state index is 12.6. The number of likely N-dealkylation sites (N-methyl/N-ethyl adjacent to an activating group) is 1. The molecule has 0 radical (unpaired) electrons. The number of benzene rings is 2. The van der Waals surface area contributed by atoms with Crippen molar-refractivity contribution >= 4 is 38.9 Å². The lowest BCUT2D eigenvalue weighted by molar-refractivity contribution is 0.0773. The van der Waals surface area contributed by atoms with Crippen molar-refractivity contribution in [1.82, 2.24) is 9.62 Å². The third-order valence-corrected chi connectivity index (χ3v) is 6.79. The van der Waals surface area contributed by atoms with Gasteiger partial charge in [0.05, 0.1) is 11.4 Å². The smallest absolute Gasteiger partial charge is 0.253 e. The zero-order valence-electron chi connectivity index (χ0n) is 16.2. The van der Waals surface area contributed by atoms with Gasteiger partial charge in [0.25, 0.3) is 5.91 Å². The maximum Gasteiger partial charge on any atom is 0.253 e. The van der Waals surface area contributed by atoms with Crippen LogP contribution in [0.15, 0.2) is 70.9 Å². The van der Waals surface area contributed by atoms with Crippen molar-refractivity contribution in [3.63, 3.8) is 0 Å². The number of hydrogen-bond donors (Lipinski definition) is 1. The summed E-state index contributed by atoms with van der Waals surface area (Å²) in [7, 11) is -1.98. The van der Waals surface area contributed by atoms with Gasteiger partial charge in [0.2, 0.25) is 10.0 Å². The molecule has 6 nitrogen and oxygen atoms in total. The van der Waals surface area contributed by atoms with E-state index >= 15 is 0 Å². The fraction of sp³-hybridized carbons (Fsp3) is 0.190. The molecule has 1 N–H and O–H groups in total. The van der Waals surface area contributed by atoms with E-state index in [4.69, 9.17) is 16.3 Å². The number of nitrogens with zero attached hydrogens (tertiary/aromatic N) is 1. The summed E-state index contributed by atoms with van der Waals surface area (Å²) in [6.07, 6.45) is 0. The molecule has 3 aromatic rings. The van der Waals surface area contributed by atoms with Gasteiger partial charge in [0.15, 0.2) is 0 Å². The van der Waals surface area contributed by atoms with E-state index in [0.717, 1.165) is 4.88 Å². The number of hydrogen-bond acceptors (Lipinski definition) is 5. The predicted molar refractivity (Wildman–Crippen MR) is 119 cm³/mol. The van der Waals surface area contributed by atoms with E-state index in [1.807, 2.05) is 17.5 Å². The summed E-state index contributed by atoms with van der Waals surface area (Å²) >= 11 is 7.40. The molecule has 9 heteroatoms. The number of ether oxygens (including phenoxy) is 1. The average molecular weight is 465 g/mol. The van der Waals surface area contributed by atoms with E-state index in [2.05, 4.69) is 4.72 Å². The average Bonchev–Trinajstić information content (AvgIpc) is 3.26. The van der Waals surface area contributed by atoms with Crippen LogP contribution in [0.3, 0.4) is 0 Å². The molecule has 0 aliphatic rings. The summed E-state index contributed by atoms with van der Waals surface area (Å²) in [4.78, 5) is 15.1. The summed E-state index contributed by atoms with van der Waals surface area (Å²) in [5, 5.41) is 2.47. The lowest BCUT2D eigenvalue weighted by atomic mass is 10.2. The summed E-state index contributed by atoms with van der Waals surface area (Å²) in [6.45, 7) is 0.908. The topological polar surface area (TPSA) is 75.7 Å². The fourth-order valence-corrected chi connectivity index (χ4v) is 4.54. The number of rotatable bonds is 9. The van der Waals surface area contributed by atoms with Crippen molar-refractivity contribution in [2.24, 2.45) is 0 Å². The first-order valence-electron chi connectivity index (χ1n) is 9.11. The molecular formula is C21H21ClN2O4S2. The zero-order valence-corrected chi connectivity index (χ0v) is 18.6. The number of nitrogens with one attached hydrogen (secondary N) is 1. The minimum Gasteiger partial charge on any atom is -0.492 e. The first kappa shape index (κ1) is 22.3. The van der Waals surface area contributed by atoms with Gasteiger partial charge < -0.3 is 9.64 Å². The number of carbonyl (C=O) groups excluding carboxylic acids is 1. The zero-order chi connectivity index (χ0) is 21.6. The lowest BCUT2D eigenvalue weighted by Gasteiger charge is -2.18. The Morgan fingerprint density at radius 1 is 1.13 bits per heavy atom. The van der Waals surface area contributed by atoms with Crippen LogP contribution < -0.4 is 9.46 Å². The quantitative estimate of drug-likeness (QED) is 0.518. The molecule has 0 aliphatic carbocycles. The minimum absolute atomic E-state index is 0.113. The van der Waals surface area contributed by atoms with E-state index in [0.29, 0.717) is 29.5 Å². The van der Waals surface area contributed by atoms with Crippen molar-refractivity contribution in [3.05, 3.63) is 81.5 Å². The molecule has 158 valence electrons. The molecule has 2 aromatic carbocycles. The van der Waals surface area contributed by atoms with E-state index in [-0.39, 0.29) is 17.3 Å². The first-order chi connectivity index (χ1) is 14.3. The Labute approximate surface area is 185 Å². The first-order valence-corrected chi connectivity index (χ1v) is 11.9. The van der Waals surface area contributed by atoms with Gasteiger partial charge in [-0.2, -0.15) is 0 Å². The van der Waals surface area contributed by atoms with Crippen LogP contribution in [0.1, 0.15) is 15.2 Å². The van der Waals surface area contributed by atoms with Crippen molar-refractivity contribution in [2.45, 2.75) is 11.4 Å². The highest BCUT2D eigenvalue weighted by atomic mass is 35.5. The second kappa shape index (κ2) is 10.1. The SMILES string of the molecule is CN(CCOc1cccc(Cl)c1)C(=O)c1ccc(S(=O)(=O)NCc2cccs2)cc1. The third kappa shape index (κ3) is 6.06. The van der Waals surface area contributed by atoms with Gasteiger partial charge in [-0.3, -0.25) is 4.79 Å². The lowest BCUT2D eigenvalue weighted by Crippen LogP contribution is -2.31. The van der Waals surface area contributed by atoms with E-state index < -0.39 is 10.0 Å². The molecule has 0 spiro atoms. The molecule has 0 saturated carbocycles. The second-order valence-electron chi connectivity index (χ2n) is 6.46. The third-order valence-electron chi connectivity index (χ3n) is 4.27. The van der Waals surface area contributed by atoms with Crippen molar-refractivity contribution in [2.75, 3.05) is 20.2 Å². The fourth-order valence-electron chi connectivity index (χ4n) is 2.62. The van der Waals surface area contributed by atoms with Crippen LogP contribution in [0.2, 0.25) is 5.02 Å². The van der Waals surface area contributed by atoms with E-state index in [1.165, 1.54) is 40.5 Å². The molecule has 0 saturated heterocycles. The molecule has 3 rings (SSSR count). The largest absolute Gasteiger partial charge is 0.492 e. The summed E-state index contributed by atoms with van der Waals surface area (Å²) in [5.74, 6) is 0.410. The van der Waals surface area contributed by atoms with Gasteiger partial charge in [-0.25, -0.2) is 13.1 Å². The van der Waals surface area contributed by atoms with Gasteiger partial charge in [0, 0.05) is 29.1 Å². The van der Waals surface area contributed by atoms with Gasteiger partial charge in [0.1, 0.15) is 12.4 Å². The molecule has 0 bridgehead atoms. The molecule has 0 atom stereocenters. The Hall–Kier alpha value is -2.39. The van der Waals surface area contributed by atoms with Crippen LogP contribution in [-0.2, 0) is 16.6 Å². The Morgan fingerprint density at radius 3 is 2.57 bits per heavy atom. The van der Waals surface area contributed by atoms with Gasteiger partial charge in [-0.05, 0) is 53.9 Å². The Morgan fingerprint density at radius 2 is 1.90 bits per heavy atom. The van der Waals surface area contributed by atoms with Crippen LogP contribution in [0.4, 0.5) is 0 Å². The van der Waals surface area contributed by atoms with Crippen molar-refractivity contribution in [3.8, 4) is 5.75 Å². The highest BCUT2D eigenvalue weighted by Gasteiger charge is 2.16. The predicted octanol–water partition coefficient (Wildman–Crippen LogP) is 4.03. The van der Waals surface area contributed by atoms with Gasteiger partial charge in [-0.1, -0.05) is 23.7 Å². The molecule has 0 unspecified atom stereocenters.